The van der Waals surface area contributed by atoms with Gasteiger partial charge in [-0.25, -0.2) is 0 Å². The summed E-state index contributed by atoms with van der Waals surface area (Å²) in [4.78, 5) is 0. The van der Waals surface area contributed by atoms with E-state index in [9.17, 15) is 0 Å². The summed E-state index contributed by atoms with van der Waals surface area (Å²) in [5, 5.41) is 0. The summed E-state index contributed by atoms with van der Waals surface area (Å²) in [5.74, 6) is 2.17. The lowest BCUT2D eigenvalue weighted by molar-refractivity contribution is -0.919. The van der Waals surface area contributed by atoms with Crippen molar-refractivity contribution in [3.8, 4) is 0 Å². The van der Waals surface area contributed by atoms with Gasteiger partial charge in [0.2, 0.25) is 0 Å². The third-order valence-electron chi connectivity index (χ3n) is 9.78. The molecule has 0 radical (unpaired) electrons. The minimum atomic E-state index is 0. The molecule has 2 aliphatic rings. The largest absolute Gasteiger partial charge is 1.00 e. The third-order valence-corrected chi connectivity index (χ3v) is 9.78. The van der Waals surface area contributed by atoms with Gasteiger partial charge in [0.15, 0.2) is 0 Å². The van der Waals surface area contributed by atoms with Crippen LogP contribution in [0.3, 0.4) is 0 Å². The van der Waals surface area contributed by atoms with Gasteiger partial charge < -0.3 is 28.5 Å². The summed E-state index contributed by atoms with van der Waals surface area (Å²) in [6.45, 7) is 10.8. The van der Waals surface area contributed by atoms with E-state index in [1.807, 2.05) is 0 Å². The van der Waals surface area contributed by atoms with Crippen molar-refractivity contribution in [3.63, 3.8) is 0 Å². The van der Waals surface area contributed by atoms with Crippen molar-refractivity contribution < 1.29 is 28.5 Å². The molecule has 1 saturated heterocycles. The van der Waals surface area contributed by atoms with Crippen LogP contribution in [0, 0.1) is 11.8 Å². The highest BCUT2D eigenvalue weighted by molar-refractivity contribution is 4.81. The number of hydrogen-bond acceptors (Lipinski definition) is 0. The second-order valence-electron chi connectivity index (χ2n) is 13.0. The highest BCUT2D eigenvalue weighted by Gasteiger charge is 2.44. The number of quaternary nitrogens is 1. The molecule has 1 nitrogen and oxygen atoms in total. The number of rotatable bonds is 24. The molecule has 0 aromatic carbocycles. The van der Waals surface area contributed by atoms with Gasteiger partial charge in [-0.2, -0.15) is 0 Å². The van der Waals surface area contributed by atoms with E-state index in [-0.39, 0.29) is 24.0 Å². The lowest BCUT2D eigenvalue weighted by atomic mass is 9.82. The zero-order valence-electron chi connectivity index (χ0n) is 25.2. The minimum absolute atomic E-state index is 0. The van der Waals surface area contributed by atoms with Gasteiger partial charge in [-0.15, -0.1) is 0 Å². The SMILES string of the molecule is CCCCCCCCCCCCCCCC[N+]1(CCCCCCCCCC)CC2CCCCC2C1.[I-]. The van der Waals surface area contributed by atoms with Crippen molar-refractivity contribution in [2.45, 2.75) is 181 Å². The number of nitrogens with zero attached hydrogens (tertiary/aromatic N) is 1. The molecule has 0 bridgehead atoms. The summed E-state index contributed by atoms with van der Waals surface area (Å²) in [6.07, 6.45) is 38.7. The van der Waals surface area contributed by atoms with E-state index in [2.05, 4.69) is 13.8 Å². The van der Waals surface area contributed by atoms with Gasteiger partial charge in [-0.1, -0.05) is 142 Å². The lowest BCUT2D eigenvalue weighted by Gasteiger charge is -2.35. The smallest absolute Gasteiger partial charge is 0.0820 e. The standard InChI is InChI=1S/C34H68N.HI/c1-3-5-7-9-11-13-14-15-16-17-18-20-22-26-30-35(29-25-21-19-12-10-8-6-4-2)31-33-27-23-24-28-34(33)32-35;/h33-34H,3-32H2,1-2H3;1H/q+1;/p-1. The van der Waals surface area contributed by atoms with E-state index < -0.39 is 0 Å². The first kappa shape index (κ1) is 34.7. The van der Waals surface area contributed by atoms with Crippen LogP contribution in [0.5, 0.6) is 0 Å². The van der Waals surface area contributed by atoms with E-state index in [1.165, 1.54) is 172 Å². The van der Waals surface area contributed by atoms with Crippen molar-refractivity contribution in [2.24, 2.45) is 11.8 Å². The highest BCUT2D eigenvalue weighted by Crippen LogP contribution is 2.40. The first-order valence-corrected chi connectivity index (χ1v) is 17.1. The predicted octanol–water partition coefficient (Wildman–Crippen LogP) is 8.25. The van der Waals surface area contributed by atoms with Crippen LogP contribution in [0.1, 0.15) is 181 Å². The summed E-state index contributed by atoms with van der Waals surface area (Å²) in [7, 11) is 0. The first-order chi connectivity index (χ1) is 17.3. The molecule has 0 aromatic rings. The van der Waals surface area contributed by atoms with Crippen molar-refractivity contribution in [1.82, 2.24) is 0 Å². The van der Waals surface area contributed by atoms with Crippen LogP contribution in [0.15, 0.2) is 0 Å². The van der Waals surface area contributed by atoms with Crippen LogP contribution < -0.4 is 24.0 Å². The van der Waals surface area contributed by atoms with Crippen molar-refractivity contribution in [1.29, 1.82) is 0 Å². The Morgan fingerprint density at radius 2 is 0.694 bits per heavy atom. The van der Waals surface area contributed by atoms with Gasteiger partial charge in [-0.3, -0.25) is 0 Å². The maximum Gasteiger partial charge on any atom is 0.0820 e. The molecule has 2 heteroatoms. The summed E-state index contributed by atoms with van der Waals surface area (Å²) in [6, 6.07) is 0. The molecule has 2 atom stereocenters. The molecule has 1 aliphatic heterocycles. The predicted molar refractivity (Wildman–Crippen MR) is 158 cm³/mol. The van der Waals surface area contributed by atoms with E-state index in [0.717, 1.165) is 11.8 Å². The molecule has 1 aliphatic carbocycles. The Kier molecular flexibility index (Phi) is 22.7. The van der Waals surface area contributed by atoms with Crippen LogP contribution in [-0.2, 0) is 0 Å². The van der Waals surface area contributed by atoms with E-state index in [4.69, 9.17) is 0 Å². The molecular formula is C34H68IN. The molecular weight excluding hydrogens is 549 g/mol. The van der Waals surface area contributed by atoms with E-state index in [0.29, 0.717) is 0 Å². The van der Waals surface area contributed by atoms with Crippen LogP contribution in [0.25, 0.3) is 0 Å². The van der Waals surface area contributed by atoms with Gasteiger partial charge in [0.05, 0.1) is 26.2 Å². The van der Waals surface area contributed by atoms with Gasteiger partial charge in [0.1, 0.15) is 0 Å². The fraction of sp³-hybridized carbons (Fsp3) is 1.00. The third kappa shape index (κ3) is 15.9. The highest BCUT2D eigenvalue weighted by atomic mass is 127. The monoisotopic (exact) mass is 617 g/mol. The average molecular weight is 618 g/mol. The summed E-state index contributed by atoms with van der Waals surface area (Å²) < 4.78 is 1.53. The second-order valence-corrected chi connectivity index (χ2v) is 13.0. The molecule has 0 N–H and O–H groups in total. The number of unbranched alkanes of at least 4 members (excludes halogenated alkanes) is 20. The quantitative estimate of drug-likeness (QED) is 0.0581. The van der Waals surface area contributed by atoms with Crippen LogP contribution >= 0.6 is 0 Å². The topological polar surface area (TPSA) is 0 Å². The molecule has 1 saturated carbocycles. The summed E-state index contributed by atoms with van der Waals surface area (Å²) >= 11 is 0. The Bertz CT molecular complexity index is 450. The van der Waals surface area contributed by atoms with Crippen molar-refractivity contribution in [3.05, 3.63) is 0 Å². The Labute approximate surface area is 246 Å². The molecule has 0 spiro atoms. The second kappa shape index (κ2) is 23.6. The number of likely N-dealkylation sites (tertiary alicyclic amines) is 1. The maximum atomic E-state index is 2.33. The van der Waals surface area contributed by atoms with Gasteiger partial charge >= 0.3 is 0 Å². The average Bonchev–Trinajstić information content (AvgIpc) is 3.24. The zero-order valence-corrected chi connectivity index (χ0v) is 27.4. The fourth-order valence-electron chi connectivity index (χ4n) is 7.53. The minimum Gasteiger partial charge on any atom is -1.00 e. The Morgan fingerprint density at radius 3 is 1.00 bits per heavy atom. The van der Waals surface area contributed by atoms with Gasteiger partial charge in [-0.05, 0) is 38.5 Å². The first-order valence-electron chi connectivity index (χ1n) is 17.1. The molecule has 0 aromatic heterocycles. The van der Waals surface area contributed by atoms with Crippen molar-refractivity contribution >= 4 is 0 Å². The Hall–Kier alpha value is 0.690. The molecule has 1 heterocycles. The maximum absolute atomic E-state index is 2.33. The van der Waals surface area contributed by atoms with Crippen LogP contribution in [-0.4, -0.2) is 30.7 Å². The van der Waals surface area contributed by atoms with Crippen LogP contribution in [0.2, 0.25) is 0 Å². The van der Waals surface area contributed by atoms with Crippen LogP contribution in [0.4, 0.5) is 0 Å². The zero-order chi connectivity index (χ0) is 24.9. The molecule has 2 fully saturated rings. The van der Waals surface area contributed by atoms with Gasteiger partial charge in [0.25, 0.3) is 0 Å². The number of halogens is 1. The molecule has 2 rings (SSSR count). The molecule has 216 valence electrons. The Morgan fingerprint density at radius 1 is 0.417 bits per heavy atom. The van der Waals surface area contributed by atoms with E-state index in [1.54, 1.807) is 25.9 Å². The number of hydrogen-bond donors (Lipinski definition) is 0. The lowest BCUT2D eigenvalue weighted by Crippen LogP contribution is -3.00. The normalized spacial score (nSPS) is 23.5. The molecule has 36 heavy (non-hydrogen) atoms. The number of fused-ring (bicyclic) bond motifs is 1. The Balaban J connectivity index is 0.00000648. The summed E-state index contributed by atoms with van der Waals surface area (Å²) in [5.41, 5.74) is 0. The molecule has 0 amide bonds. The van der Waals surface area contributed by atoms with Crippen molar-refractivity contribution in [2.75, 3.05) is 26.2 Å². The van der Waals surface area contributed by atoms with E-state index >= 15 is 0 Å². The molecule has 2 unspecified atom stereocenters. The fourth-order valence-corrected chi connectivity index (χ4v) is 7.53. The van der Waals surface area contributed by atoms with Gasteiger partial charge in [0, 0.05) is 11.8 Å².